The number of hydrogen-bond acceptors (Lipinski definition) is 2. The molecule has 2 aromatic carbocycles. The molecule has 1 amide bonds. The second-order valence-corrected chi connectivity index (χ2v) is 5.67. The number of anilines is 2. The summed E-state index contributed by atoms with van der Waals surface area (Å²) in [5, 5.41) is 3.30. The van der Waals surface area contributed by atoms with Gasteiger partial charge in [0.05, 0.1) is 0 Å². The van der Waals surface area contributed by atoms with Gasteiger partial charge in [0.25, 0.3) is 0 Å². The van der Waals surface area contributed by atoms with Crippen molar-refractivity contribution in [2.45, 2.75) is 19.0 Å². The smallest absolute Gasteiger partial charge is 0.384 e. The normalized spacial score (nSPS) is 15.0. The highest BCUT2D eigenvalue weighted by Crippen LogP contribution is 2.31. The molecule has 24 heavy (non-hydrogen) atoms. The average Bonchev–Trinajstić information content (AvgIpc) is 3.20. The van der Waals surface area contributed by atoms with Crippen LogP contribution in [0.25, 0.3) is 0 Å². The van der Waals surface area contributed by atoms with E-state index >= 15 is 0 Å². The van der Waals surface area contributed by atoms with Crippen molar-refractivity contribution in [3.63, 3.8) is 0 Å². The first-order valence-electron chi connectivity index (χ1n) is 7.75. The molecule has 2 heterocycles. The fourth-order valence-corrected chi connectivity index (χ4v) is 2.94. The van der Waals surface area contributed by atoms with Gasteiger partial charge in [0, 0.05) is 24.5 Å². The van der Waals surface area contributed by atoms with Gasteiger partial charge in [-0.15, -0.1) is 0 Å². The first-order valence-corrected chi connectivity index (χ1v) is 7.75. The van der Waals surface area contributed by atoms with Crippen LogP contribution < -0.4 is 10.2 Å². The first kappa shape index (κ1) is 16.4. The molecule has 0 unspecified atom stereocenters. The molecule has 0 radical (unpaired) electrons. The molecule has 1 N–H and O–H groups in total. The quantitative estimate of drug-likeness (QED) is 0.795. The maximum absolute atomic E-state index is 12.2. The molecule has 126 valence electrons. The van der Waals surface area contributed by atoms with E-state index in [2.05, 4.69) is 29.6 Å². The number of fused-ring (bicyclic) bond motifs is 2. The molecular weight excluding hydrogens is 317 g/mol. The summed E-state index contributed by atoms with van der Waals surface area (Å²) in [7, 11) is 0. The predicted molar refractivity (Wildman–Crippen MR) is 87.2 cm³/mol. The Morgan fingerprint density at radius 3 is 2.33 bits per heavy atom. The van der Waals surface area contributed by atoms with E-state index in [-0.39, 0.29) is 6.54 Å². The van der Waals surface area contributed by atoms with Crippen LogP contribution in [-0.2, 0) is 17.6 Å². The van der Waals surface area contributed by atoms with Crippen molar-refractivity contribution >= 4 is 17.3 Å². The third kappa shape index (κ3) is 3.37. The summed E-state index contributed by atoms with van der Waals surface area (Å²) < 4.78 is 36.6. The van der Waals surface area contributed by atoms with Crippen LogP contribution in [0.1, 0.15) is 11.1 Å². The van der Waals surface area contributed by atoms with Crippen LogP contribution in [-0.4, -0.2) is 25.2 Å². The number of hydrogen-bond donors (Lipinski definition) is 1. The number of nitrogens with zero attached hydrogens (tertiary/aromatic N) is 1. The monoisotopic (exact) mass is 334 g/mol. The maximum atomic E-state index is 12.2. The van der Waals surface area contributed by atoms with E-state index in [0.717, 1.165) is 17.0 Å². The second-order valence-electron chi connectivity index (χ2n) is 5.67. The van der Waals surface area contributed by atoms with E-state index in [4.69, 9.17) is 0 Å². The van der Waals surface area contributed by atoms with Gasteiger partial charge < -0.3 is 10.2 Å². The number of amides is 1. The van der Waals surface area contributed by atoms with Gasteiger partial charge in [-0.3, -0.25) is 4.79 Å². The zero-order valence-corrected chi connectivity index (χ0v) is 12.9. The van der Waals surface area contributed by atoms with Crippen molar-refractivity contribution in [2.75, 3.05) is 23.3 Å². The van der Waals surface area contributed by atoms with Gasteiger partial charge in [0.15, 0.2) is 0 Å². The SMILES string of the molecule is O=C(N1CCc2ccccc21)C(F)(F)F.c1ccc2c(c1)CCN2. The number of rotatable bonds is 0. The summed E-state index contributed by atoms with van der Waals surface area (Å²) in [6, 6.07) is 15.1. The lowest BCUT2D eigenvalue weighted by atomic mass is 10.2. The maximum Gasteiger partial charge on any atom is 0.471 e. The van der Waals surface area contributed by atoms with E-state index in [0.29, 0.717) is 12.1 Å². The highest BCUT2D eigenvalue weighted by molar-refractivity contribution is 5.99. The molecule has 0 bridgehead atoms. The van der Waals surface area contributed by atoms with Crippen LogP contribution in [0.5, 0.6) is 0 Å². The van der Waals surface area contributed by atoms with Crippen molar-refractivity contribution in [3.05, 3.63) is 59.7 Å². The van der Waals surface area contributed by atoms with Crippen LogP contribution in [0.4, 0.5) is 24.5 Å². The molecule has 0 fully saturated rings. The van der Waals surface area contributed by atoms with Gasteiger partial charge in [0.2, 0.25) is 0 Å². The average molecular weight is 334 g/mol. The van der Waals surface area contributed by atoms with Gasteiger partial charge >= 0.3 is 12.1 Å². The number of benzene rings is 2. The summed E-state index contributed by atoms with van der Waals surface area (Å²) in [6.45, 7) is 1.22. The van der Waals surface area contributed by atoms with Crippen LogP contribution >= 0.6 is 0 Å². The summed E-state index contributed by atoms with van der Waals surface area (Å²) in [5.74, 6) is -1.78. The summed E-state index contributed by atoms with van der Waals surface area (Å²) in [4.78, 5) is 11.8. The Morgan fingerprint density at radius 2 is 1.62 bits per heavy atom. The van der Waals surface area contributed by atoms with Crippen LogP contribution in [0.3, 0.4) is 0 Å². The van der Waals surface area contributed by atoms with Crippen molar-refractivity contribution in [1.29, 1.82) is 0 Å². The number of alkyl halides is 3. The largest absolute Gasteiger partial charge is 0.471 e. The van der Waals surface area contributed by atoms with E-state index in [1.165, 1.54) is 23.7 Å². The van der Waals surface area contributed by atoms with E-state index in [9.17, 15) is 18.0 Å². The molecule has 2 aliphatic heterocycles. The molecule has 4 rings (SSSR count). The Hall–Kier alpha value is -2.50. The van der Waals surface area contributed by atoms with Gasteiger partial charge in [-0.05, 0) is 36.1 Å². The minimum atomic E-state index is -4.79. The molecule has 2 aliphatic rings. The fraction of sp³-hybridized carbons (Fsp3) is 0.278. The minimum Gasteiger partial charge on any atom is -0.384 e. The molecule has 0 aliphatic carbocycles. The van der Waals surface area contributed by atoms with E-state index in [1.807, 2.05) is 0 Å². The molecule has 0 saturated heterocycles. The zero-order valence-electron chi connectivity index (χ0n) is 12.9. The molecule has 6 heteroatoms. The van der Waals surface area contributed by atoms with Gasteiger partial charge in [-0.25, -0.2) is 0 Å². The molecule has 0 saturated carbocycles. The number of carbonyl (C=O) groups excluding carboxylic acids is 1. The Labute approximate surface area is 138 Å². The lowest BCUT2D eigenvalue weighted by Gasteiger charge is -2.18. The van der Waals surface area contributed by atoms with Gasteiger partial charge in [-0.1, -0.05) is 36.4 Å². The molecule has 0 aromatic heterocycles. The minimum absolute atomic E-state index is 0.109. The molecule has 0 atom stereocenters. The molecule has 0 spiro atoms. The van der Waals surface area contributed by atoms with Crippen molar-refractivity contribution in [3.8, 4) is 0 Å². The Balaban J connectivity index is 0.000000159. The molecule has 3 nitrogen and oxygen atoms in total. The first-order chi connectivity index (χ1) is 11.5. The lowest BCUT2D eigenvalue weighted by Crippen LogP contribution is -2.40. The van der Waals surface area contributed by atoms with Gasteiger partial charge in [0.1, 0.15) is 0 Å². The third-order valence-electron chi connectivity index (χ3n) is 4.10. The lowest BCUT2D eigenvalue weighted by molar-refractivity contribution is -0.170. The number of carbonyl (C=O) groups is 1. The van der Waals surface area contributed by atoms with Crippen molar-refractivity contribution < 1.29 is 18.0 Å². The van der Waals surface area contributed by atoms with E-state index in [1.54, 1.807) is 18.2 Å². The number of nitrogens with one attached hydrogen (secondary N) is 1. The summed E-state index contributed by atoms with van der Waals surface area (Å²) in [5.41, 5.74) is 3.94. The predicted octanol–water partition coefficient (Wildman–Crippen LogP) is 3.79. The third-order valence-corrected chi connectivity index (χ3v) is 4.10. The number of para-hydroxylation sites is 2. The van der Waals surface area contributed by atoms with Crippen LogP contribution in [0.2, 0.25) is 0 Å². The standard InChI is InChI=1S/C10H8F3NO.C8H9N/c11-10(12,13)9(15)14-6-5-7-3-1-2-4-8(7)14;1-2-4-8-7(3-1)5-6-9-8/h1-4H,5-6H2;1-4,9H,5-6H2. The van der Waals surface area contributed by atoms with Crippen LogP contribution in [0, 0.1) is 0 Å². The molecule has 2 aromatic rings. The number of halogens is 3. The Kier molecular flexibility index (Phi) is 4.46. The Bertz CT molecular complexity index is 720. The van der Waals surface area contributed by atoms with Crippen molar-refractivity contribution in [2.24, 2.45) is 0 Å². The highest BCUT2D eigenvalue weighted by atomic mass is 19.4. The molecular formula is C18H17F3N2O. The van der Waals surface area contributed by atoms with Crippen LogP contribution in [0.15, 0.2) is 48.5 Å². The zero-order chi connectivity index (χ0) is 17.2. The summed E-state index contributed by atoms with van der Waals surface area (Å²) in [6.07, 6.45) is -3.12. The Morgan fingerprint density at radius 1 is 0.958 bits per heavy atom. The fourth-order valence-electron chi connectivity index (χ4n) is 2.94. The summed E-state index contributed by atoms with van der Waals surface area (Å²) >= 11 is 0. The topological polar surface area (TPSA) is 32.3 Å². The van der Waals surface area contributed by atoms with E-state index < -0.39 is 12.1 Å². The van der Waals surface area contributed by atoms with Gasteiger partial charge in [-0.2, -0.15) is 13.2 Å². The second kappa shape index (κ2) is 6.55. The van der Waals surface area contributed by atoms with Crippen molar-refractivity contribution in [1.82, 2.24) is 0 Å². The highest BCUT2D eigenvalue weighted by Gasteiger charge is 2.44.